The van der Waals surface area contributed by atoms with Gasteiger partial charge in [0.05, 0.1) is 26.3 Å². The van der Waals surface area contributed by atoms with Gasteiger partial charge < -0.3 is 10.1 Å². The van der Waals surface area contributed by atoms with Gasteiger partial charge in [-0.15, -0.1) is 0 Å². The number of carbonyl (C=O) groups excluding carboxylic acids is 1. The van der Waals surface area contributed by atoms with Crippen LogP contribution in [0, 0.1) is 0 Å². The average molecular weight is 477 g/mol. The van der Waals surface area contributed by atoms with Gasteiger partial charge in [0.2, 0.25) is 0 Å². The van der Waals surface area contributed by atoms with E-state index in [1.165, 1.54) is 28.6 Å². The summed E-state index contributed by atoms with van der Waals surface area (Å²) >= 11 is 12.1. The SMILES string of the molecule is O=C(COc1ccc(S(=O)(=O)N2CCc3ccccc32)cc1)Nc1c(Cl)cccc1Cl. The molecule has 6 nitrogen and oxygen atoms in total. The molecule has 0 bridgehead atoms. The maximum Gasteiger partial charge on any atom is 0.264 e. The number of nitrogens with one attached hydrogen (secondary N) is 1. The molecule has 1 amide bonds. The average Bonchev–Trinajstić information content (AvgIpc) is 3.20. The smallest absolute Gasteiger partial charge is 0.264 e. The summed E-state index contributed by atoms with van der Waals surface area (Å²) in [6.07, 6.45) is 0.682. The molecule has 1 aliphatic rings. The lowest BCUT2D eigenvalue weighted by molar-refractivity contribution is -0.118. The number of halogens is 2. The van der Waals surface area contributed by atoms with E-state index in [0.717, 1.165) is 5.56 Å². The number of nitrogens with zero attached hydrogens (tertiary/aromatic N) is 1. The van der Waals surface area contributed by atoms with Gasteiger partial charge in [-0.25, -0.2) is 8.42 Å². The van der Waals surface area contributed by atoms with Crippen molar-refractivity contribution in [2.24, 2.45) is 0 Å². The molecule has 0 fully saturated rings. The van der Waals surface area contributed by atoms with Crippen LogP contribution in [0.2, 0.25) is 10.0 Å². The first-order valence-corrected chi connectivity index (χ1v) is 11.6. The third kappa shape index (κ3) is 4.49. The molecular weight excluding hydrogens is 459 g/mol. The summed E-state index contributed by atoms with van der Waals surface area (Å²) in [7, 11) is -3.68. The number of rotatable bonds is 6. The topological polar surface area (TPSA) is 75.7 Å². The van der Waals surface area contributed by atoms with Gasteiger partial charge in [0.25, 0.3) is 15.9 Å². The second-order valence-corrected chi connectivity index (χ2v) is 9.54. The summed E-state index contributed by atoms with van der Waals surface area (Å²) in [5.41, 5.74) is 2.03. The summed E-state index contributed by atoms with van der Waals surface area (Å²) in [5.74, 6) is -0.0819. The molecule has 0 aromatic heterocycles. The van der Waals surface area contributed by atoms with Gasteiger partial charge in [0, 0.05) is 6.54 Å². The molecule has 0 radical (unpaired) electrons. The summed E-state index contributed by atoms with van der Waals surface area (Å²) in [5, 5.41) is 3.24. The molecule has 9 heteroatoms. The minimum atomic E-state index is -3.68. The van der Waals surface area contributed by atoms with Gasteiger partial charge in [0.15, 0.2) is 6.61 Å². The Bertz CT molecular complexity index is 1210. The van der Waals surface area contributed by atoms with E-state index in [0.29, 0.717) is 40.1 Å². The number of hydrogen-bond donors (Lipinski definition) is 1. The zero-order valence-electron chi connectivity index (χ0n) is 16.2. The maximum atomic E-state index is 13.0. The van der Waals surface area contributed by atoms with Crippen molar-refractivity contribution in [2.75, 3.05) is 22.8 Å². The summed E-state index contributed by atoms with van der Waals surface area (Å²) in [4.78, 5) is 12.3. The zero-order chi connectivity index (χ0) is 22.0. The van der Waals surface area contributed by atoms with Gasteiger partial charge in [-0.05, 0) is 54.4 Å². The van der Waals surface area contributed by atoms with Crippen molar-refractivity contribution in [3.8, 4) is 5.75 Å². The third-order valence-electron chi connectivity index (χ3n) is 4.85. The minimum absolute atomic E-state index is 0.156. The molecule has 31 heavy (non-hydrogen) atoms. The third-order valence-corrected chi connectivity index (χ3v) is 7.31. The maximum absolute atomic E-state index is 13.0. The number of para-hydroxylation sites is 2. The van der Waals surface area contributed by atoms with Crippen LogP contribution in [0.15, 0.2) is 71.6 Å². The van der Waals surface area contributed by atoms with E-state index < -0.39 is 15.9 Å². The van der Waals surface area contributed by atoms with Gasteiger partial charge >= 0.3 is 0 Å². The number of amides is 1. The quantitative estimate of drug-likeness (QED) is 0.556. The van der Waals surface area contributed by atoms with Crippen LogP contribution in [-0.4, -0.2) is 27.5 Å². The number of benzene rings is 3. The van der Waals surface area contributed by atoms with Crippen LogP contribution in [0.4, 0.5) is 11.4 Å². The van der Waals surface area contributed by atoms with Crippen LogP contribution >= 0.6 is 23.2 Å². The molecular formula is C22H18Cl2N2O4S. The molecule has 1 heterocycles. The minimum Gasteiger partial charge on any atom is -0.484 e. The van der Waals surface area contributed by atoms with Crippen LogP contribution in [0.25, 0.3) is 0 Å². The number of anilines is 2. The van der Waals surface area contributed by atoms with Crippen molar-refractivity contribution in [2.45, 2.75) is 11.3 Å². The predicted octanol–water partition coefficient (Wildman–Crippen LogP) is 4.76. The number of carbonyl (C=O) groups is 1. The van der Waals surface area contributed by atoms with Crippen molar-refractivity contribution < 1.29 is 17.9 Å². The fourth-order valence-electron chi connectivity index (χ4n) is 3.33. The standard InChI is InChI=1S/C22H18Cl2N2O4S/c23-18-5-3-6-19(24)22(18)25-21(27)14-30-16-8-10-17(11-9-16)31(28,29)26-13-12-15-4-1-2-7-20(15)26/h1-11H,12-14H2,(H,25,27). The predicted molar refractivity (Wildman–Crippen MR) is 122 cm³/mol. The van der Waals surface area contributed by atoms with Crippen molar-refractivity contribution >= 4 is 50.5 Å². The lowest BCUT2D eigenvalue weighted by Gasteiger charge is -2.19. The second kappa shape index (κ2) is 8.78. The number of fused-ring (bicyclic) bond motifs is 1. The molecule has 0 spiro atoms. The van der Waals surface area contributed by atoms with Crippen LogP contribution in [0.1, 0.15) is 5.56 Å². The van der Waals surface area contributed by atoms with Crippen molar-refractivity contribution in [3.63, 3.8) is 0 Å². The lowest BCUT2D eigenvalue weighted by Crippen LogP contribution is -2.29. The molecule has 1 aliphatic heterocycles. The van der Waals surface area contributed by atoms with E-state index >= 15 is 0 Å². The van der Waals surface area contributed by atoms with Crippen LogP contribution in [-0.2, 0) is 21.2 Å². The summed E-state index contributed by atoms with van der Waals surface area (Å²) in [6, 6.07) is 18.3. The highest BCUT2D eigenvalue weighted by molar-refractivity contribution is 7.92. The summed E-state index contributed by atoms with van der Waals surface area (Å²) in [6.45, 7) is 0.123. The normalized spacial score (nSPS) is 13.0. The molecule has 0 saturated carbocycles. The number of ether oxygens (including phenoxy) is 1. The summed E-state index contributed by atoms with van der Waals surface area (Å²) < 4.78 is 33.0. The number of sulfonamides is 1. The Kier molecular flexibility index (Phi) is 6.09. The monoisotopic (exact) mass is 476 g/mol. The Morgan fingerprint density at radius 2 is 1.65 bits per heavy atom. The Hall–Kier alpha value is -2.74. The molecule has 0 aliphatic carbocycles. The molecule has 3 aromatic carbocycles. The van der Waals surface area contributed by atoms with Crippen LogP contribution < -0.4 is 14.4 Å². The van der Waals surface area contributed by atoms with Gasteiger partial charge in [-0.3, -0.25) is 9.10 Å². The first-order valence-electron chi connectivity index (χ1n) is 9.43. The fourth-order valence-corrected chi connectivity index (χ4v) is 5.33. The zero-order valence-corrected chi connectivity index (χ0v) is 18.5. The Morgan fingerprint density at radius 1 is 0.968 bits per heavy atom. The van der Waals surface area contributed by atoms with Crippen molar-refractivity contribution in [1.82, 2.24) is 0 Å². The first-order chi connectivity index (χ1) is 14.9. The molecule has 0 unspecified atom stereocenters. The van der Waals surface area contributed by atoms with E-state index in [4.69, 9.17) is 27.9 Å². The Labute approximate surface area is 190 Å². The van der Waals surface area contributed by atoms with Crippen molar-refractivity contribution in [1.29, 1.82) is 0 Å². The molecule has 0 saturated heterocycles. The Balaban J connectivity index is 1.41. The highest BCUT2D eigenvalue weighted by Gasteiger charge is 2.30. The van der Waals surface area contributed by atoms with E-state index in [9.17, 15) is 13.2 Å². The van der Waals surface area contributed by atoms with E-state index in [2.05, 4.69) is 5.32 Å². The molecule has 160 valence electrons. The molecule has 0 atom stereocenters. The van der Waals surface area contributed by atoms with E-state index in [-0.39, 0.29) is 11.5 Å². The van der Waals surface area contributed by atoms with Crippen molar-refractivity contribution in [3.05, 3.63) is 82.3 Å². The highest BCUT2D eigenvalue weighted by Crippen LogP contribution is 2.33. The van der Waals surface area contributed by atoms with Gasteiger partial charge in [-0.2, -0.15) is 0 Å². The van der Waals surface area contributed by atoms with E-state index in [1.807, 2.05) is 18.2 Å². The molecule has 3 aromatic rings. The van der Waals surface area contributed by atoms with Crippen LogP contribution in [0.5, 0.6) is 5.75 Å². The van der Waals surface area contributed by atoms with Crippen LogP contribution in [0.3, 0.4) is 0 Å². The second-order valence-electron chi connectivity index (χ2n) is 6.86. The number of hydrogen-bond acceptors (Lipinski definition) is 4. The van der Waals surface area contributed by atoms with Gasteiger partial charge in [0.1, 0.15) is 5.75 Å². The largest absolute Gasteiger partial charge is 0.484 e. The molecule has 1 N–H and O–H groups in total. The highest BCUT2D eigenvalue weighted by atomic mass is 35.5. The lowest BCUT2D eigenvalue weighted by atomic mass is 10.2. The Morgan fingerprint density at radius 3 is 2.35 bits per heavy atom. The first kappa shape index (κ1) is 21.5. The molecule has 4 rings (SSSR count). The fraction of sp³-hybridized carbons (Fsp3) is 0.136. The van der Waals surface area contributed by atoms with E-state index in [1.54, 1.807) is 24.3 Å². The van der Waals surface area contributed by atoms with Gasteiger partial charge in [-0.1, -0.05) is 47.5 Å².